The number of aromatic nitrogens is 4. The molecular formula is C20H26N6O2. The van der Waals surface area contributed by atoms with Crippen molar-refractivity contribution in [2.45, 2.75) is 26.1 Å². The van der Waals surface area contributed by atoms with Crippen LogP contribution in [0.4, 0.5) is 5.95 Å². The average molecular weight is 382 g/mol. The number of likely N-dealkylation sites (N-methyl/N-ethyl adjacent to an activating group) is 1. The summed E-state index contributed by atoms with van der Waals surface area (Å²) in [6.45, 7) is 7.68. The van der Waals surface area contributed by atoms with Crippen LogP contribution in [-0.2, 0) is 4.74 Å². The molecule has 0 amide bonds. The molecule has 1 saturated heterocycles. The zero-order valence-electron chi connectivity index (χ0n) is 16.5. The number of benzene rings is 1. The van der Waals surface area contributed by atoms with Crippen LogP contribution in [0.5, 0.6) is 0 Å². The van der Waals surface area contributed by atoms with Crippen LogP contribution in [0.25, 0.3) is 16.7 Å². The Kier molecular flexibility index (Phi) is 5.15. The van der Waals surface area contributed by atoms with Gasteiger partial charge in [-0.1, -0.05) is 18.2 Å². The second kappa shape index (κ2) is 7.73. The predicted molar refractivity (Wildman–Crippen MR) is 109 cm³/mol. The van der Waals surface area contributed by atoms with Crippen molar-refractivity contribution in [2.75, 3.05) is 38.1 Å². The molecule has 4 rings (SSSR count). The second-order valence-electron chi connectivity index (χ2n) is 7.46. The summed E-state index contributed by atoms with van der Waals surface area (Å²) in [6, 6.07) is 9.71. The molecule has 3 aromatic rings. The van der Waals surface area contributed by atoms with E-state index in [1.807, 2.05) is 42.3 Å². The largest absolute Gasteiger partial charge is 0.373 e. The van der Waals surface area contributed by atoms with Gasteiger partial charge in [0.1, 0.15) is 5.39 Å². The van der Waals surface area contributed by atoms with Gasteiger partial charge in [0.2, 0.25) is 5.95 Å². The maximum atomic E-state index is 12.5. The smallest absolute Gasteiger partial charge is 0.263 e. The number of rotatable bonds is 5. The summed E-state index contributed by atoms with van der Waals surface area (Å²) in [6.07, 6.45) is 2.04. The number of hydrogen-bond donors (Lipinski definition) is 1. The minimum Gasteiger partial charge on any atom is -0.373 e. The van der Waals surface area contributed by atoms with Crippen LogP contribution in [-0.4, -0.2) is 70.1 Å². The van der Waals surface area contributed by atoms with Crippen molar-refractivity contribution in [3.63, 3.8) is 0 Å². The van der Waals surface area contributed by atoms with Crippen LogP contribution < -0.4 is 10.5 Å². The van der Waals surface area contributed by atoms with Gasteiger partial charge in [-0.2, -0.15) is 10.1 Å². The van der Waals surface area contributed by atoms with E-state index in [1.165, 1.54) is 0 Å². The molecule has 1 aromatic carbocycles. The summed E-state index contributed by atoms with van der Waals surface area (Å²) in [5.74, 6) is 0.546. The van der Waals surface area contributed by atoms with Crippen LogP contribution in [0.3, 0.4) is 0 Å². The Labute approximate surface area is 163 Å². The van der Waals surface area contributed by atoms with E-state index in [1.54, 1.807) is 10.9 Å². The Morgan fingerprint density at radius 1 is 1.21 bits per heavy atom. The molecule has 1 N–H and O–H groups in total. The molecule has 0 unspecified atom stereocenters. The molecular weight excluding hydrogens is 356 g/mol. The minimum absolute atomic E-state index is 0.178. The van der Waals surface area contributed by atoms with E-state index in [9.17, 15) is 4.79 Å². The van der Waals surface area contributed by atoms with Gasteiger partial charge in [0, 0.05) is 33.2 Å². The number of ether oxygens (including phenoxy) is 1. The van der Waals surface area contributed by atoms with Crippen LogP contribution in [0.1, 0.15) is 13.8 Å². The van der Waals surface area contributed by atoms with Gasteiger partial charge in [0.25, 0.3) is 5.56 Å². The van der Waals surface area contributed by atoms with Crippen molar-refractivity contribution in [1.29, 1.82) is 0 Å². The minimum atomic E-state index is -0.178. The fourth-order valence-corrected chi connectivity index (χ4v) is 3.71. The molecule has 2 aromatic heterocycles. The first kappa shape index (κ1) is 18.6. The Bertz CT molecular complexity index is 989. The zero-order valence-corrected chi connectivity index (χ0v) is 16.5. The number of H-pyrrole nitrogens is 1. The normalized spacial score (nSPS) is 20.5. The van der Waals surface area contributed by atoms with E-state index in [-0.39, 0.29) is 17.8 Å². The number of morpholine rings is 1. The van der Waals surface area contributed by atoms with E-state index >= 15 is 0 Å². The number of anilines is 1. The first-order valence-corrected chi connectivity index (χ1v) is 9.63. The number of aromatic amines is 1. The summed E-state index contributed by atoms with van der Waals surface area (Å²) in [5.41, 5.74) is 1.26. The summed E-state index contributed by atoms with van der Waals surface area (Å²) in [7, 11) is 1.95. The molecule has 0 aliphatic carbocycles. The Morgan fingerprint density at radius 2 is 1.93 bits per heavy atom. The molecule has 1 aliphatic rings. The fraction of sp³-hybridized carbons (Fsp3) is 0.450. The van der Waals surface area contributed by atoms with Gasteiger partial charge < -0.3 is 9.64 Å². The molecule has 148 valence electrons. The summed E-state index contributed by atoms with van der Waals surface area (Å²) < 4.78 is 7.49. The van der Waals surface area contributed by atoms with Gasteiger partial charge in [-0.25, -0.2) is 4.68 Å². The van der Waals surface area contributed by atoms with Crippen molar-refractivity contribution in [2.24, 2.45) is 0 Å². The Morgan fingerprint density at radius 3 is 2.64 bits per heavy atom. The van der Waals surface area contributed by atoms with Gasteiger partial charge in [0.05, 0.1) is 24.1 Å². The van der Waals surface area contributed by atoms with Crippen molar-refractivity contribution in [3.8, 4) is 5.69 Å². The van der Waals surface area contributed by atoms with Crippen molar-refractivity contribution >= 4 is 17.0 Å². The van der Waals surface area contributed by atoms with Crippen LogP contribution >= 0.6 is 0 Å². The first-order valence-electron chi connectivity index (χ1n) is 9.63. The number of nitrogens with zero attached hydrogens (tertiary/aromatic N) is 5. The highest BCUT2D eigenvalue weighted by Crippen LogP contribution is 2.16. The Hall–Kier alpha value is -2.71. The molecule has 3 heterocycles. The van der Waals surface area contributed by atoms with Crippen LogP contribution in [0.2, 0.25) is 0 Å². The summed E-state index contributed by atoms with van der Waals surface area (Å²) in [4.78, 5) is 24.5. The summed E-state index contributed by atoms with van der Waals surface area (Å²) in [5, 5.41) is 4.84. The zero-order chi connectivity index (χ0) is 19.7. The second-order valence-corrected chi connectivity index (χ2v) is 7.46. The molecule has 8 heteroatoms. The van der Waals surface area contributed by atoms with Crippen molar-refractivity contribution < 1.29 is 4.74 Å². The van der Waals surface area contributed by atoms with Gasteiger partial charge in [-0.3, -0.25) is 14.7 Å². The van der Waals surface area contributed by atoms with E-state index in [0.717, 1.165) is 31.9 Å². The highest BCUT2D eigenvalue weighted by Gasteiger charge is 2.22. The first-order chi connectivity index (χ1) is 13.5. The van der Waals surface area contributed by atoms with Crippen LogP contribution in [0.15, 0.2) is 41.3 Å². The standard InChI is InChI=1S/C20H26N6O2/c1-14-12-25(13-15(2)28-14)10-9-24(3)20-22-18-17(19(27)23-20)11-21-26(18)16-7-5-4-6-8-16/h4-8,11,14-15H,9-10,12-13H2,1-3H3,(H,22,23,27)/t14-,15+. The third kappa shape index (κ3) is 3.79. The fourth-order valence-electron chi connectivity index (χ4n) is 3.71. The average Bonchev–Trinajstić information content (AvgIpc) is 3.10. The topological polar surface area (TPSA) is 79.3 Å². The van der Waals surface area contributed by atoms with Crippen LogP contribution in [0, 0.1) is 0 Å². The number of nitrogens with one attached hydrogen (secondary N) is 1. The lowest BCUT2D eigenvalue weighted by molar-refractivity contribution is -0.0670. The van der Waals surface area contributed by atoms with E-state index in [0.29, 0.717) is 17.0 Å². The number of para-hydroxylation sites is 1. The Balaban J connectivity index is 1.56. The van der Waals surface area contributed by atoms with Gasteiger partial charge in [-0.15, -0.1) is 0 Å². The lowest BCUT2D eigenvalue weighted by Gasteiger charge is -2.36. The SMILES string of the molecule is C[C@@H]1CN(CCN(C)c2nc3c(cnn3-c3ccccc3)c(=O)[nH]2)C[C@H](C)O1. The highest BCUT2D eigenvalue weighted by molar-refractivity contribution is 5.76. The quantitative estimate of drug-likeness (QED) is 0.723. The van der Waals surface area contributed by atoms with E-state index in [2.05, 4.69) is 28.8 Å². The molecule has 0 radical (unpaired) electrons. The third-order valence-electron chi connectivity index (χ3n) is 5.03. The molecule has 2 atom stereocenters. The maximum Gasteiger partial charge on any atom is 0.263 e. The molecule has 0 bridgehead atoms. The van der Waals surface area contributed by atoms with E-state index < -0.39 is 0 Å². The molecule has 8 nitrogen and oxygen atoms in total. The third-order valence-corrected chi connectivity index (χ3v) is 5.03. The van der Waals surface area contributed by atoms with E-state index in [4.69, 9.17) is 9.72 Å². The molecule has 0 saturated carbocycles. The van der Waals surface area contributed by atoms with Crippen molar-refractivity contribution in [3.05, 3.63) is 46.9 Å². The molecule has 1 aliphatic heterocycles. The predicted octanol–water partition coefficient (Wildman–Crippen LogP) is 1.65. The lowest BCUT2D eigenvalue weighted by Crippen LogP contribution is -2.47. The lowest BCUT2D eigenvalue weighted by atomic mass is 10.2. The molecule has 1 fully saturated rings. The maximum absolute atomic E-state index is 12.5. The molecule has 0 spiro atoms. The van der Waals surface area contributed by atoms with Gasteiger partial charge in [0.15, 0.2) is 5.65 Å². The monoisotopic (exact) mass is 382 g/mol. The highest BCUT2D eigenvalue weighted by atomic mass is 16.5. The molecule has 28 heavy (non-hydrogen) atoms. The van der Waals surface area contributed by atoms with Crippen molar-refractivity contribution in [1.82, 2.24) is 24.6 Å². The van der Waals surface area contributed by atoms with Gasteiger partial charge >= 0.3 is 0 Å². The number of hydrogen-bond acceptors (Lipinski definition) is 6. The number of fused-ring (bicyclic) bond motifs is 1. The van der Waals surface area contributed by atoms with Gasteiger partial charge in [-0.05, 0) is 26.0 Å². The summed E-state index contributed by atoms with van der Waals surface area (Å²) >= 11 is 0.